The van der Waals surface area contributed by atoms with Crippen molar-refractivity contribution in [2.45, 2.75) is 6.04 Å². The minimum Gasteiger partial charge on any atom is -0.399 e. The van der Waals surface area contributed by atoms with Gasteiger partial charge in [-0.3, -0.25) is 4.90 Å². The first-order valence-corrected chi connectivity index (χ1v) is 6.75. The van der Waals surface area contributed by atoms with E-state index in [9.17, 15) is 4.39 Å². The third-order valence-electron chi connectivity index (χ3n) is 3.00. The van der Waals surface area contributed by atoms with E-state index in [1.807, 2.05) is 49.3 Å². The minimum absolute atomic E-state index is 0.166. The van der Waals surface area contributed by atoms with E-state index in [1.54, 1.807) is 6.07 Å². The maximum Gasteiger partial charge on any atom is 0.128 e. The van der Waals surface area contributed by atoms with Gasteiger partial charge in [0.2, 0.25) is 0 Å². The average molecular weight is 323 g/mol. The second-order valence-electron chi connectivity index (χ2n) is 4.70. The van der Waals surface area contributed by atoms with Crippen LogP contribution in [0.3, 0.4) is 0 Å². The van der Waals surface area contributed by atoms with Crippen molar-refractivity contribution in [1.29, 1.82) is 0 Å². The molecule has 1 unspecified atom stereocenters. The molecule has 0 aliphatic rings. The van der Waals surface area contributed by atoms with E-state index in [-0.39, 0.29) is 11.9 Å². The molecule has 0 aromatic heterocycles. The molecule has 19 heavy (non-hydrogen) atoms. The highest BCUT2D eigenvalue weighted by Crippen LogP contribution is 2.31. The van der Waals surface area contributed by atoms with E-state index >= 15 is 0 Å². The third-order valence-corrected chi connectivity index (χ3v) is 3.49. The van der Waals surface area contributed by atoms with E-state index in [4.69, 9.17) is 5.73 Å². The molecule has 0 aliphatic carbocycles. The lowest BCUT2D eigenvalue weighted by atomic mass is 9.97. The molecule has 1 atom stereocenters. The lowest BCUT2D eigenvalue weighted by Crippen LogP contribution is -2.22. The lowest BCUT2D eigenvalue weighted by molar-refractivity contribution is 0.334. The Hall–Kier alpha value is -1.39. The summed E-state index contributed by atoms with van der Waals surface area (Å²) in [6, 6.07) is 12.4. The van der Waals surface area contributed by atoms with Gasteiger partial charge in [0.05, 0.1) is 6.04 Å². The van der Waals surface area contributed by atoms with E-state index < -0.39 is 0 Å². The van der Waals surface area contributed by atoms with E-state index in [1.165, 1.54) is 6.07 Å². The zero-order chi connectivity index (χ0) is 14.0. The number of nitrogen functional groups attached to an aromatic ring is 1. The van der Waals surface area contributed by atoms with Crippen LogP contribution in [0.2, 0.25) is 0 Å². The van der Waals surface area contributed by atoms with Gasteiger partial charge in [-0.15, -0.1) is 0 Å². The molecule has 0 spiro atoms. The van der Waals surface area contributed by atoms with Gasteiger partial charge in [0.15, 0.2) is 0 Å². The molecule has 2 rings (SSSR count). The maximum atomic E-state index is 14.1. The Morgan fingerprint density at radius 3 is 2.53 bits per heavy atom. The molecule has 2 N–H and O–H groups in total. The van der Waals surface area contributed by atoms with Crippen LogP contribution < -0.4 is 5.73 Å². The van der Waals surface area contributed by atoms with Crippen LogP contribution in [0.1, 0.15) is 17.2 Å². The minimum atomic E-state index is -0.218. The van der Waals surface area contributed by atoms with Crippen LogP contribution in [0.5, 0.6) is 0 Å². The Labute approximate surface area is 121 Å². The van der Waals surface area contributed by atoms with Crippen molar-refractivity contribution in [2.24, 2.45) is 0 Å². The zero-order valence-electron chi connectivity index (χ0n) is 10.9. The first-order chi connectivity index (χ1) is 8.99. The summed E-state index contributed by atoms with van der Waals surface area (Å²) in [6.45, 7) is 0. The summed E-state index contributed by atoms with van der Waals surface area (Å²) in [5, 5.41) is 0. The summed E-state index contributed by atoms with van der Waals surface area (Å²) < 4.78 is 14.9. The summed E-state index contributed by atoms with van der Waals surface area (Å²) >= 11 is 3.39. The van der Waals surface area contributed by atoms with Crippen molar-refractivity contribution in [2.75, 3.05) is 19.8 Å². The molecular formula is C15H16BrFN2. The molecule has 0 saturated carbocycles. The van der Waals surface area contributed by atoms with Gasteiger partial charge in [0.25, 0.3) is 0 Å². The fourth-order valence-corrected chi connectivity index (χ4v) is 2.59. The Bertz CT molecular complexity index is 584. The van der Waals surface area contributed by atoms with E-state index in [2.05, 4.69) is 15.9 Å². The van der Waals surface area contributed by atoms with Crippen molar-refractivity contribution in [1.82, 2.24) is 4.90 Å². The molecule has 0 saturated heterocycles. The monoisotopic (exact) mass is 322 g/mol. The zero-order valence-corrected chi connectivity index (χ0v) is 12.5. The molecule has 2 aromatic rings. The smallest absolute Gasteiger partial charge is 0.128 e. The van der Waals surface area contributed by atoms with Crippen molar-refractivity contribution < 1.29 is 4.39 Å². The molecule has 4 heteroatoms. The number of hydrogen-bond acceptors (Lipinski definition) is 2. The highest BCUT2D eigenvalue weighted by Gasteiger charge is 2.20. The van der Waals surface area contributed by atoms with Crippen molar-refractivity contribution in [3.05, 3.63) is 63.9 Å². The fourth-order valence-electron chi connectivity index (χ4n) is 2.21. The molecular weight excluding hydrogens is 307 g/mol. The molecule has 0 radical (unpaired) electrons. The Balaban J connectivity index is 2.55. The second-order valence-corrected chi connectivity index (χ2v) is 5.62. The first-order valence-electron chi connectivity index (χ1n) is 5.96. The number of nitrogens with two attached hydrogens (primary N) is 1. The van der Waals surface area contributed by atoms with Crippen LogP contribution in [0.25, 0.3) is 0 Å². The van der Waals surface area contributed by atoms with Gasteiger partial charge in [-0.25, -0.2) is 4.39 Å². The predicted octanol–water partition coefficient (Wildman–Crippen LogP) is 3.82. The van der Waals surface area contributed by atoms with Crippen LogP contribution in [-0.4, -0.2) is 19.0 Å². The van der Waals surface area contributed by atoms with E-state index in [0.29, 0.717) is 11.3 Å². The summed E-state index contributed by atoms with van der Waals surface area (Å²) in [4.78, 5) is 1.97. The fraction of sp³-hybridized carbons (Fsp3) is 0.200. The van der Waals surface area contributed by atoms with Crippen LogP contribution in [0.15, 0.2) is 46.9 Å². The predicted molar refractivity (Wildman–Crippen MR) is 80.5 cm³/mol. The first kappa shape index (κ1) is 14.0. The third kappa shape index (κ3) is 3.14. The summed E-state index contributed by atoms with van der Waals surface area (Å²) in [7, 11) is 3.85. The highest BCUT2D eigenvalue weighted by atomic mass is 79.9. The maximum absolute atomic E-state index is 14.1. The van der Waals surface area contributed by atoms with Crippen LogP contribution in [0, 0.1) is 5.82 Å². The van der Waals surface area contributed by atoms with E-state index in [0.717, 1.165) is 10.0 Å². The van der Waals surface area contributed by atoms with Gasteiger partial charge in [0.1, 0.15) is 5.82 Å². The number of hydrogen-bond donors (Lipinski definition) is 1. The molecule has 0 aliphatic heterocycles. The molecule has 2 nitrogen and oxygen atoms in total. The Morgan fingerprint density at radius 2 is 1.89 bits per heavy atom. The molecule has 0 heterocycles. The number of rotatable bonds is 3. The van der Waals surface area contributed by atoms with Gasteiger partial charge in [-0.2, -0.15) is 0 Å². The van der Waals surface area contributed by atoms with Crippen LogP contribution >= 0.6 is 15.9 Å². The lowest BCUT2D eigenvalue weighted by Gasteiger charge is -2.26. The summed E-state index contributed by atoms with van der Waals surface area (Å²) in [5.74, 6) is -0.218. The standard InChI is InChI=1S/C15H16BrFN2/c1-19(2)15(10-4-3-5-12(18)8-10)13-9-11(16)6-7-14(13)17/h3-9,15H,18H2,1-2H3. The SMILES string of the molecule is CN(C)C(c1cccc(N)c1)c1cc(Br)ccc1F. The van der Waals surface area contributed by atoms with Crippen molar-refractivity contribution >= 4 is 21.6 Å². The number of nitrogens with zero attached hydrogens (tertiary/aromatic N) is 1. The molecule has 0 fully saturated rings. The van der Waals surface area contributed by atoms with Gasteiger partial charge in [-0.05, 0) is 50.0 Å². The topological polar surface area (TPSA) is 29.3 Å². The van der Waals surface area contributed by atoms with Crippen molar-refractivity contribution in [3.8, 4) is 0 Å². The van der Waals surface area contributed by atoms with Crippen molar-refractivity contribution in [3.63, 3.8) is 0 Å². The van der Waals surface area contributed by atoms with Gasteiger partial charge < -0.3 is 5.73 Å². The van der Waals surface area contributed by atoms with Gasteiger partial charge in [-0.1, -0.05) is 28.1 Å². The largest absolute Gasteiger partial charge is 0.399 e. The average Bonchev–Trinajstić information content (AvgIpc) is 2.33. The number of anilines is 1. The Morgan fingerprint density at radius 1 is 1.16 bits per heavy atom. The quantitative estimate of drug-likeness (QED) is 0.870. The van der Waals surface area contributed by atoms with Gasteiger partial charge in [0, 0.05) is 15.7 Å². The number of benzene rings is 2. The van der Waals surface area contributed by atoms with Crippen LogP contribution in [-0.2, 0) is 0 Å². The number of halogens is 2. The second kappa shape index (κ2) is 5.72. The Kier molecular flexibility index (Phi) is 4.22. The normalized spacial score (nSPS) is 12.7. The summed E-state index contributed by atoms with van der Waals surface area (Å²) in [5.41, 5.74) is 8.11. The molecule has 0 amide bonds. The van der Waals surface area contributed by atoms with Crippen LogP contribution in [0.4, 0.5) is 10.1 Å². The molecule has 2 aromatic carbocycles. The molecule has 0 bridgehead atoms. The highest BCUT2D eigenvalue weighted by molar-refractivity contribution is 9.10. The van der Waals surface area contributed by atoms with Gasteiger partial charge >= 0.3 is 0 Å². The summed E-state index contributed by atoms with van der Waals surface area (Å²) in [6.07, 6.45) is 0. The molecule has 100 valence electrons.